The fourth-order valence-electron chi connectivity index (χ4n) is 3.02. The Morgan fingerprint density at radius 1 is 1.36 bits per heavy atom. The summed E-state index contributed by atoms with van der Waals surface area (Å²) in [5.41, 5.74) is 2.20. The van der Waals surface area contributed by atoms with E-state index in [1.807, 2.05) is 38.1 Å². The molecule has 0 aromatic carbocycles. The van der Waals surface area contributed by atoms with Crippen molar-refractivity contribution >= 4 is 5.91 Å². The Hall–Kier alpha value is -2.47. The lowest BCUT2D eigenvalue weighted by Gasteiger charge is -2.28. The van der Waals surface area contributed by atoms with E-state index in [9.17, 15) is 9.59 Å². The molecular formula is C19H25N3O3. The molecule has 0 N–H and O–H groups in total. The van der Waals surface area contributed by atoms with Crippen molar-refractivity contribution in [3.05, 3.63) is 63.3 Å². The van der Waals surface area contributed by atoms with E-state index in [2.05, 4.69) is 4.98 Å². The van der Waals surface area contributed by atoms with E-state index in [0.717, 1.165) is 11.4 Å². The number of likely N-dealkylation sites (N-methyl/N-ethyl adjacent to an activating group) is 1. The Labute approximate surface area is 148 Å². The minimum atomic E-state index is -0.367. The summed E-state index contributed by atoms with van der Waals surface area (Å²) < 4.78 is 6.88. The van der Waals surface area contributed by atoms with Gasteiger partial charge in [0.05, 0.1) is 18.3 Å². The maximum absolute atomic E-state index is 13.1. The predicted molar refractivity (Wildman–Crippen MR) is 96.8 cm³/mol. The van der Waals surface area contributed by atoms with E-state index in [4.69, 9.17) is 4.74 Å². The van der Waals surface area contributed by atoms with Crippen LogP contribution in [0.5, 0.6) is 0 Å². The standard InChI is InChI=1S/C19H25N3O3/c1-6-22-14(3)11-13(2)17(19(22)24)18(23)21(4)16(12-25-5)15-9-7-8-10-20-15/h7-11,16H,6,12H2,1-5H3/t16-/m0/s1. The van der Waals surface area contributed by atoms with E-state index >= 15 is 0 Å². The number of amides is 1. The molecule has 1 atom stereocenters. The van der Waals surface area contributed by atoms with Crippen molar-refractivity contribution in [1.82, 2.24) is 14.5 Å². The highest BCUT2D eigenvalue weighted by atomic mass is 16.5. The fraction of sp³-hybridized carbons (Fsp3) is 0.421. The summed E-state index contributed by atoms with van der Waals surface area (Å²) in [5, 5.41) is 0. The average molecular weight is 343 g/mol. The van der Waals surface area contributed by atoms with Crippen molar-refractivity contribution in [3.8, 4) is 0 Å². The molecule has 0 radical (unpaired) electrons. The summed E-state index contributed by atoms with van der Waals surface area (Å²) in [6, 6.07) is 7.04. The highest BCUT2D eigenvalue weighted by Crippen LogP contribution is 2.20. The van der Waals surface area contributed by atoms with Gasteiger partial charge >= 0.3 is 0 Å². The van der Waals surface area contributed by atoms with Crippen LogP contribution >= 0.6 is 0 Å². The maximum atomic E-state index is 13.1. The smallest absolute Gasteiger partial charge is 0.263 e. The minimum absolute atomic E-state index is 0.201. The molecule has 0 aliphatic rings. The molecular weight excluding hydrogens is 318 g/mol. The van der Waals surface area contributed by atoms with Gasteiger partial charge < -0.3 is 14.2 Å². The summed E-state index contributed by atoms with van der Waals surface area (Å²) in [6.07, 6.45) is 1.68. The molecule has 2 heterocycles. The Kier molecular flexibility index (Phi) is 6.09. The first-order valence-corrected chi connectivity index (χ1v) is 8.30. The Balaban J connectivity index is 2.47. The molecule has 6 nitrogen and oxygen atoms in total. The second kappa shape index (κ2) is 8.07. The van der Waals surface area contributed by atoms with Crippen LogP contribution in [0.4, 0.5) is 0 Å². The number of carbonyl (C=O) groups is 1. The Bertz CT molecular complexity index is 800. The first-order chi connectivity index (χ1) is 11.9. The molecule has 0 saturated heterocycles. The summed E-state index contributed by atoms with van der Waals surface area (Å²) in [4.78, 5) is 31.7. The molecule has 2 aromatic rings. The molecule has 134 valence electrons. The normalized spacial score (nSPS) is 12.0. The molecule has 2 aromatic heterocycles. The first kappa shape index (κ1) is 18.9. The van der Waals surface area contributed by atoms with Gasteiger partial charge in [0.2, 0.25) is 0 Å². The number of hydrogen-bond acceptors (Lipinski definition) is 4. The van der Waals surface area contributed by atoms with Crippen LogP contribution in [-0.2, 0) is 11.3 Å². The minimum Gasteiger partial charge on any atom is -0.382 e. The highest BCUT2D eigenvalue weighted by molar-refractivity contribution is 5.95. The maximum Gasteiger partial charge on any atom is 0.263 e. The van der Waals surface area contributed by atoms with Crippen LogP contribution in [0.1, 0.15) is 40.3 Å². The average Bonchev–Trinajstić information content (AvgIpc) is 2.59. The third kappa shape index (κ3) is 3.79. The predicted octanol–water partition coefficient (Wildman–Crippen LogP) is 2.34. The monoisotopic (exact) mass is 343 g/mol. The molecule has 0 spiro atoms. The first-order valence-electron chi connectivity index (χ1n) is 8.30. The third-order valence-corrected chi connectivity index (χ3v) is 4.38. The van der Waals surface area contributed by atoms with Crippen molar-refractivity contribution in [2.45, 2.75) is 33.4 Å². The highest BCUT2D eigenvalue weighted by Gasteiger charge is 2.27. The number of hydrogen-bond donors (Lipinski definition) is 0. The molecule has 0 aliphatic heterocycles. The lowest BCUT2D eigenvalue weighted by molar-refractivity contribution is 0.0592. The van der Waals surface area contributed by atoms with Gasteiger partial charge in [-0.1, -0.05) is 6.07 Å². The number of ether oxygens (including phenoxy) is 1. The van der Waals surface area contributed by atoms with Crippen molar-refractivity contribution < 1.29 is 9.53 Å². The van der Waals surface area contributed by atoms with Gasteiger partial charge in [-0.2, -0.15) is 0 Å². The van der Waals surface area contributed by atoms with Gasteiger partial charge in [0.15, 0.2) is 0 Å². The lowest BCUT2D eigenvalue weighted by atomic mass is 10.1. The summed E-state index contributed by atoms with van der Waals surface area (Å²) in [7, 11) is 3.26. The van der Waals surface area contributed by atoms with Gasteiger partial charge in [0, 0.05) is 32.6 Å². The zero-order valence-electron chi connectivity index (χ0n) is 15.4. The molecule has 0 saturated carbocycles. The van der Waals surface area contributed by atoms with Crippen LogP contribution in [0, 0.1) is 13.8 Å². The van der Waals surface area contributed by atoms with Gasteiger partial charge in [0.1, 0.15) is 5.56 Å². The van der Waals surface area contributed by atoms with Crippen molar-refractivity contribution in [3.63, 3.8) is 0 Å². The van der Waals surface area contributed by atoms with Gasteiger partial charge in [-0.05, 0) is 44.5 Å². The number of nitrogens with zero attached hydrogens (tertiary/aromatic N) is 3. The van der Waals surface area contributed by atoms with Crippen LogP contribution in [0.25, 0.3) is 0 Å². The molecule has 0 fully saturated rings. The van der Waals surface area contributed by atoms with Crippen molar-refractivity contribution in [2.24, 2.45) is 0 Å². The third-order valence-electron chi connectivity index (χ3n) is 4.38. The quantitative estimate of drug-likeness (QED) is 0.807. The molecule has 0 unspecified atom stereocenters. The van der Waals surface area contributed by atoms with Crippen LogP contribution in [-0.4, -0.2) is 41.1 Å². The van der Waals surface area contributed by atoms with Gasteiger partial charge in [0.25, 0.3) is 11.5 Å². The largest absolute Gasteiger partial charge is 0.382 e. The zero-order chi connectivity index (χ0) is 18.6. The molecule has 0 aliphatic carbocycles. The van der Waals surface area contributed by atoms with Crippen LogP contribution < -0.4 is 5.56 Å². The molecule has 1 amide bonds. The number of rotatable bonds is 6. The van der Waals surface area contributed by atoms with E-state index in [1.54, 1.807) is 31.8 Å². The number of aryl methyl sites for hydroxylation is 2. The second-order valence-electron chi connectivity index (χ2n) is 6.03. The number of pyridine rings is 2. The van der Waals surface area contributed by atoms with E-state index in [0.29, 0.717) is 18.7 Å². The topological polar surface area (TPSA) is 64.4 Å². The molecule has 6 heteroatoms. The van der Waals surface area contributed by atoms with Crippen LogP contribution in [0.2, 0.25) is 0 Å². The Morgan fingerprint density at radius 3 is 2.64 bits per heavy atom. The summed E-state index contributed by atoms with van der Waals surface area (Å²) in [5.74, 6) is -0.322. The molecule has 0 bridgehead atoms. The lowest BCUT2D eigenvalue weighted by Crippen LogP contribution is -2.39. The SMILES string of the molecule is CCn1c(C)cc(C)c(C(=O)N(C)[C@@H](COC)c2ccccn2)c1=O. The zero-order valence-corrected chi connectivity index (χ0v) is 15.4. The van der Waals surface area contributed by atoms with E-state index in [1.165, 1.54) is 4.90 Å². The van der Waals surface area contributed by atoms with Gasteiger partial charge in [-0.15, -0.1) is 0 Å². The number of methoxy groups -OCH3 is 1. The molecule has 2 rings (SSSR count). The second-order valence-corrected chi connectivity index (χ2v) is 6.03. The number of carbonyl (C=O) groups excluding carboxylic acids is 1. The van der Waals surface area contributed by atoms with E-state index in [-0.39, 0.29) is 23.1 Å². The summed E-state index contributed by atoms with van der Waals surface area (Å²) >= 11 is 0. The van der Waals surface area contributed by atoms with Crippen LogP contribution in [0.15, 0.2) is 35.3 Å². The van der Waals surface area contributed by atoms with Crippen molar-refractivity contribution in [2.75, 3.05) is 20.8 Å². The van der Waals surface area contributed by atoms with Gasteiger partial charge in [-0.3, -0.25) is 14.6 Å². The fourth-order valence-corrected chi connectivity index (χ4v) is 3.02. The number of aromatic nitrogens is 2. The summed E-state index contributed by atoms with van der Waals surface area (Å²) in [6.45, 7) is 6.38. The van der Waals surface area contributed by atoms with E-state index < -0.39 is 0 Å². The van der Waals surface area contributed by atoms with Crippen molar-refractivity contribution in [1.29, 1.82) is 0 Å². The molecule has 25 heavy (non-hydrogen) atoms. The van der Waals surface area contributed by atoms with Crippen LogP contribution in [0.3, 0.4) is 0 Å². The van der Waals surface area contributed by atoms with Gasteiger partial charge in [-0.25, -0.2) is 0 Å². The Morgan fingerprint density at radius 2 is 2.08 bits per heavy atom.